The second-order valence-electron chi connectivity index (χ2n) is 5.86. The van der Waals surface area contributed by atoms with E-state index in [0.717, 1.165) is 17.7 Å². The van der Waals surface area contributed by atoms with Crippen molar-refractivity contribution in [3.8, 4) is 11.6 Å². The third-order valence-corrected chi connectivity index (χ3v) is 4.26. The Labute approximate surface area is 131 Å². The van der Waals surface area contributed by atoms with Crippen molar-refractivity contribution >= 4 is 11.6 Å². The quantitative estimate of drug-likeness (QED) is 0.726. The molecule has 0 saturated carbocycles. The van der Waals surface area contributed by atoms with Gasteiger partial charge in [-0.1, -0.05) is 44.5 Å². The Balaban J connectivity index is 2.25. The van der Waals surface area contributed by atoms with Gasteiger partial charge in [-0.2, -0.15) is 4.98 Å². The molecular formula is C17H21ClN2O. The summed E-state index contributed by atoms with van der Waals surface area (Å²) in [5, 5.41) is 0.432. The maximum absolute atomic E-state index is 6.06. The van der Waals surface area contributed by atoms with Crippen LogP contribution in [0.1, 0.15) is 44.1 Å². The number of aryl methyl sites for hydroxylation is 1. The van der Waals surface area contributed by atoms with Crippen LogP contribution in [0.15, 0.2) is 24.3 Å². The van der Waals surface area contributed by atoms with Gasteiger partial charge in [0.25, 0.3) is 0 Å². The number of halogens is 1. The van der Waals surface area contributed by atoms with Crippen LogP contribution >= 0.6 is 11.6 Å². The van der Waals surface area contributed by atoms with Crippen molar-refractivity contribution in [1.29, 1.82) is 0 Å². The topological polar surface area (TPSA) is 35.0 Å². The Morgan fingerprint density at radius 2 is 1.71 bits per heavy atom. The van der Waals surface area contributed by atoms with Crippen LogP contribution in [0.3, 0.4) is 0 Å². The molecule has 0 atom stereocenters. The molecule has 3 nitrogen and oxygen atoms in total. The molecule has 112 valence electrons. The van der Waals surface area contributed by atoms with Gasteiger partial charge in [0, 0.05) is 5.56 Å². The highest BCUT2D eigenvalue weighted by Gasteiger charge is 2.18. The van der Waals surface area contributed by atoms with Gasteiger partial charge >= 0.3 is 0 Å². The van der Waals surface area contributed by atoms with Crippen LogP contribution in [-0.2, 0) is 5.41 Å². The Kier molecular flexibility index (Phi) is 4.52. The lowest BCUT2D eigenvalue weighted by atomic mass is 9.82. The van der Waals surface area contributed by atoms with Gasteiger partial charge < -0.3 is 4.74 Å². The summed E-state index contributed by atoms with van der Waals surface area (Å²) >= 11 is 6.06. The van der Waals surface area contributed by atoms with Crippen LogP contribution in [0.4, 0.5) is 0 Å². The molecule has 0 radical (unpaired) electrons. The van der Waals surface area contributed by atoms with Crippen LogP contribution in [0, 0.1) is 13.8 Å². The first kappa shape index (κ1) is 15.8. The monoisotopic (exact) mass is 304 g/mol. The number of aromatic nitrogens is 2. The summed E-state index contributed by atoms with van der Waals surface area (Å²) in [5.41, 5.74) is 2.22. The van der Waals surface area contributed by atoms with Crippen molar-refractivity contribution in [2.45, 2.75) is 46.5 Å². The molecule has 0 aliphatic heterocycles. The van der Waals surface area contributed by atoms with E-state index in [9.17, 15) is 0 Å². The third-order valence-electron chi connectivity index (χ3n) is 3.89. The van der Waals surface area contributed by atoms with E-state index in [2.05, 4.69) is 42.9 Å². The molecule has 0 aliphatic carbocycles. The summed E-state index contributed by atoms with van der Waals surface area (Å²) < 4.78 is 5.84. The molecule has 4 heteroatoms. The highest BCUT2D eigenvalue weighted by molar-refractivity contribution is 6.30. The Morgan fingerprint density at radius 3 is 2.29 bits per heavy atom. The van der Waals surface area contributed by atoms with Gasteiger partial charge in [-0.05, 0) is 43.4 Å². The van der Waals surface area contributed by atoms with Crippen LogP contribution < -0.4 is 4.74 Å². The molecule has 2 aromatic rings. The average Bonchev–Trinajstić information content (AvgIpc) is 2.45. The Hall–Kier alpha value is -1.61. The van der Waals surface area contributed by atoms with E-state index in [1.54, 1.807) is 6.92 Å². The Morgan fingerprint density at radius 1 is 1.10 bits per heavy atom. The normalized spacial score (nSPS) is 11.5. The van der Waals surface area contributed by atoms with Gasteiger partial charge in [0.15, 0.2) is 0 Å². The largest absolute Gasteiger partial charge is 0.439 e. The van der Waals surface area contributed by atoms with Crippen LogP contribution in [-0.4, -0.2) is 9.97 Å². The molecule has 0 bridgehead atoms. The fourth-order valence-electron chi connectivity index (χ4n) is 1.96. The zero-order chi connectivity index (χ0) is 15.6. The fraction of sp³-hybridized carbons (Fsp3) is 0.412. The van der Waals surface area contributed by atoms with E-state index in [1.165, 1.54) is 5.56 Å². The molecule has 0 saturated heterocycles. The maximum Gasteiger partial charge on any atom is 0.226 e. The van der Waals surface area contributed by atoms with Crippen LogP contribution in [0.25, 0.3) is 0 Å². The first-order valence-corrected chi connectivity index (χ1v) is 7.50. The van der Waals surface area contributed by atoms with E-state index in [-0.39, 0.29) is 5.41 Å². The zero-order valence-corrected chi connectivity index (χ0v) is 14.0. The molecule has 1 heterocycles. The molecular weight excluding hydrogens is 284 g/mol. The lowest BCUT2D eigenvalue weighted by Gasteiger charge is -2.23. The molecule has 0 fully saturated rings. The van der Waals surface area contributed by atoms with Gasteiger partial charge in [0.2, 0.25) is 5.88 Å². The molecule has 0 amide bonds. The number of ether oxygens (including phenoxy) is 1. The fourth-order valence-corrected chi connectivity index (χ4v) is 2.16. The highest BCUT2D eigenvalue weighted by atomic mass is 35.5. The van der Waals surface area contributed by atoms with E-state index >= 15 is 0 Å². The van der Waals surface area contributed by atoms with E-state index in [4.69, 9.17) is 16.3 Å². The molecule has 0 spiro atoms. The minimum atomic E-state index is 0.170. The van der Waals surface area contributed by atoms with Gasteiger partial charge in [0.05, 0.1) is 0 Å². The first-order chi connectivity index (χ1) is 9.83. The van der Waals surface area contributed by atoms with E-state index < -0.39 is 0 Å². The number of hydrogen-bond donors (Lipinski definition) is 0. The lowest BCUT2D eigenvalue weighted by molar-refractivity contribution is 0.453. The third kappa shape index (κ3) is 3.53. The Bertz CT molecular complexity index is 636. The summed E-state index contributed by atoms with van der Waals surface area (Å²) in [7, 11) is 0. The predicted molar refractivity (Wildman–Crippen MR) is 86.3 cm³/mol. The van der Waals surface area contributed by atoms with E-state index in [1.807, 2.05) is 19.1 Å². The van der Waals surface area contributed by atoms with Crippen molar-refractivity contribution < 1.29 is 4.74 Å². The summed E-state index contributed by atoms with van der Waals surface area (Å²) in [6.45, 7) is 10.3. The summed E-state index contributed by atoms with van der Waals surface area (Å²) in [4.78, 5) is 8.41. The summed E-state index contributed by atoms with van der Waals surface area (Å²) in [6, 6.07) is 8.14. The van der Waals surface area contributed by atoms with Crippen LogP contribution in [0.2, 0.25) is 5.15 Å². The van der Waals surface area contributed by atoms with E-state index in [0.29, 0.717) is 16.9 Å². The summed E-state index contributed by atoms with van der Waals surface area (Å²) in [5.74, 6) is 1.86. The molecule has 21 heavy (non-hydrogen) atoms. The van der Waals surface area contributed by atoms with Crippen molar-refractivity contribution in [3.63, 3.8) is 0 Å². The predicted octanol–water partition coefficient (Wildman–Crippen LogP) is 5.23. The first-order valence-electron chi connectivity index (χ1n) is 7.12. The number of hydrogen-bond acceptors (Lipinski definition) is 3. The number of rotatable bonds is 4. The van der Waals surface area contributed by atoms with Gasteiger partial charge in [-0.3, -0.25) is 0 Å². The van der Waals surface area contributed by atoms with Crippen molar-refractivity contribution in [1.82, 2.24) is 9.97 Å². The highest BCUT2D eigenvalue weighted by Crippen LogP contribution is 2.30. The minimum absolute atomic E-state index is 0.170. The second kappa shape index (κ2) is 6.02. The van der Waals surface area contributed by atoms with Crippen LogP contribution in [0.5, 0.6) is 11.6 Å². The lowest BCUT2D eigenvalue weighted by Crippen LogP contribution is -2.14. The second-order valence-corrected chi connectivity index (χ2v) is 6.21. The minimum Gasteiger partial charge on any atom is -0.439 e. The van der Waals surface area contributed by atoms with Crippen molar-refractivity contribution in [2.24, 2.45) is 0 Å². The summed E-state index contributed by atoms with van der Waals surface area (Å²) in [6.07, 6.45) is 1.09. The molecule has 1 aromatic heterocycles. The standard InChI is InChI=1S/C17H21ClN2O/c1-6-17(4,5)13-7-9-14(10-8-13)21-16-11(2)15(18)19-12(3)20-16/h7-10H,6H2,1-5H3. The van der Waals surface area contributed by atoms with Crippen molar-refractivity contribution in [2.75, 3.05) is 0 Å². The molecule has 2 rings (SSSR count). The maximum atomic E-state index is 6.06. The molecule has 0 aliphatic rings. The average molecular weight is 305 g/mol. The molecule has 0 unspecified atom stereocenters. The SMILES string of the molecule is CCC(C)(C)c1ccc(Oc2nc(C)nc(Cl)c2C)cc1. The van der Waals surface area contributed by atoms with Gasteiger partial charge in [0.1, 0.15) is 16.7 Å². The van der Waals surface area contributed by atoms with Crippen molar-refractivity contribution in [3.05, 3.63) is 46.4 Å². The smallest absolute Gasteiger partial charge is 0.226 e. The van der Waals surface area contributed by atoms with Gasteiger partial charge in [-0.15, -0.1) is 0 Å². The molecule has 0 N–H and O–H groups in total. The molecule has 1 aromatic carbocycles. The number of nitrogens with zero attached hydrogens (tertiary/aromatic N) is 2. The van der Waals surface area contributed by atoms with Gasteiger partial charge in [-0.25, -0.2) is 4.98 Å². The number of benzene rings is 1. The zero-order valence-electron chi connectivity index (χ0n) is 13.2.